The fourth-order valence-corrected chi connectivity index (χ4v) is 2.40. The number of nitrogens with zero attached hydrogens (tertiary/aromatic N) is 5. The Morgan fingerprint density at radius 1 is 1.58 bits per heavy atom. The minimum Gasteiger partial charge on any atom is -0.368 e. The van der Waals surface area contributed by atoms with Crippen molar-refractivity contribution in [2.45, 2.75) is 19.9 Å². The lowest BCUT2D eigenvalue weighted by molar-refractivity contribution is -0.384. The maximum atomic E-state index is 11.0. The maximum absolute atomic E-state index is 11.0. The van der Waals surface area contributed by atoms with Crippen molar-refractivity contribution in [3.05, 3.63) is 16.3 Å². The molecular weight excluding hydrogens is 248 g/mol. The van der Waals surface area contributed by atoms with Gasteiger partial charge in [0.05, 0.1) is 4.92 Å². The lowest BCUT2D eigenvalue weighted by atomic mass is 10.2. The molecule has 2 heterocycles. The zero-order valence-electron chi connectivity index (χ0n) is 11.1. The first-order valence-electron chi connectivity index (χ1n) is 6.28. The Morgan fingerprint density at radius 3 is 2.89 bits per heavy atom. The number of hydrogen-bond donors (Lipinski definition) is 1. The third-order valence-corrected chi connectivity index (χ3v) is 3.44. The van der Waals surface area contributed by atoms with E-state index in [1.165, 1.54) is 6.20 Å². The first-order valence-corrected chi connectivity index (χ1v) is 6.28. The molecule has 1 aromatic heterocycles. The van der Waals surface area contributed by atoms with E-state index in [1.54, 1.807) is 0 Å². The molecule has 1 atom stereocenters. The highest BCUT2D eigenvalue weighted by Gasteiger charge is 2.28. The van der Waals surface area contributed by atoms with Gasteiger partial charge in [0.1, 0.15) is 6.20 Å². The van der Waals surface area contributed by atoms with Crippen molar-refractivity contribution in [1.29, 1.82) is 0 Å². The molecule has 1 aliphatic heterocycles. The van der Waals surface area contributed by atoms with Crippen LogP contribution in [0.1, 0.15) is 13.8 Å². The van der Waals surface area contributed by atoms with Gasteiger partial charge in [-0.3, -0.25) is 15.0 Å². The van der Waals surface area contributed by atoms with Gasteiger partial charge in [-0.25, -0.2) is 4.98 Å². The van der Waals surface area contributed by atoms with Crippen molar-refractivity contribution in [1.82, 2.24) is 14.9 Å². The summed E-state index contributed by atoms with van der Waals surface area (Å²) >= 11 is 0. The van der Waals surface area contributed by atoms with Crippen LogP contribution >= 0.6 is 0 Å². The summed E-state index contributed by atoms with van der Waals surface area (Å²) in [4.78, 5) is 22.5. The van der Waals surface area contributed by atoms with E-state index in [-0.39, 0.29) is 11.6 Å². The van der Waals surface area contributed by atoms with Crippen LogP contribution in [-0.2, 0) is 0 Å². The van der Waals surface area contributed by atoms with E-state index in [1.807, 2.05) is 4.90 Å². The van der Waals surface area contributed by atoms with Crippen molar-refractivity contribution >= 4 is 17.5 Å². The molecule has 8 heteroatoms. The molecule has 0 aromatic carbocycles. The average molecular weight is 266 g/mol. The molecule has 104 valence electrons. The molecule has 1 saturated heterocycles. The molecule has 2 rings (SSSR count). The lowest BCUT2D eigenvalue weighted by Crippen LogP contribution is -2.52. The van der Waals surface area contributed by atoms with Crippen molar-refractivity contribution in [2.24, 2.45) is 0 Å². The monoisotopic (exact) mass is 266 g/mol. The Hall–Kier alpha value is -1.96. The fraction of sp³-hybridized carbons (Fsp3) is 0.636. The molecule has 8 nitrogen and oxygen atoms in total. The molecule has 1 aliphatic rings. The minimum atomic E-state index is -0.467. The Morgan fingerprint density at radius 2 is 2.32 bits per heavy atom. The first kappa shape index (κ1) is 13.5. The third kappa shape index (κ3) is 2.73. The molecule has 0 radical (unpaired) electrons. The Labute approximate surface area is 111 Å². The van der Waals surface area contributed by atoms with Crippen LogP contribution in [0.4, 0.5) is 17.5 Å². The summed E-state index contributed by atoms with van der Waals surface area (Å²) in [5.41, 5.74) is 5.45. The van der Waals surface area contributed by atoms with Crippen LogP contribution in [-0.4, -0.2) is 52.0 Å². The molecule has 1 fully saturated rings. The van der Waals surface area contributed by atoms with Crippen molar-refractivity contribution in [3.63, 3.8) is 0 Å². The van der Waals surface area contributed by atoms with Gasteiger partial charge in [0.2, 0.25) is 11.8 Å². The largest absolute Gasteiger partial charge is 0.368 e. The van der Waals surface area contributed by atoms with Gasteiger partial charge in [0.15, 0.2) is 0 Å². The molecule has 0 bridgehead atoms. The predicted octanol–water partition coefficient (Wildman–Crippen LogP) is 0.497. The standard InChI is InChI=1S/C11H18N6O2/c1-3-15-4-5-16(7-8(15)2)10-9(17(18)19)6-13-11(12)14-10/h6,8H,3-5,7H2,1-2H3,(H2,12,13,14). The van der Waals surface area contributed by atoms with Gasteiger partial charge in [-0.1, -0.05) is 6.92 Å². The predicted molar refractivity (Wildman–Crippen MR) is 72.0 cm³/mol. The second-order valence-electron chi connectivity index (χ2n) is 4.62. The van der Waals surface area contributed by atoms with Crippen LogP contribution in [0.3, 0.4) is 0 Å². The number of aromatic nitrogens is 2. The number of piperazine rings is 1. The van der Waals surface area contributed by atoms with E-state index < -0.39 is 4.92 Å². The quantitative estimate of drug-likeness (QED) is 0.627. The lowest BCUT2D eigenvalue weighted by Gasteiger charge is -2.39. The number of rotatable bonds is 3. The van der Waals surface area contributed by atoms with Crippen molar-refractivity contribution < 1.29 is 4.92 Å². The third-order valence-electron chi connectivity index (χ3n) is 3.44. The zero-order valence-corrected chi connectivity index (χ0v) is 11.1. The summed E-state index contributed by atoms with van der Waals surface area (Å²) in [6.45, 7) is 7.45. The van der Waals surface area contributed by atoms with Crippen LogP contribution < -0.4 is 10.6 Å². The summed E-state index contributed by atoms with van der Waals surface area (Å²) in [6, 6.07) is 0.328. The second kappa shape index (κ2) is 5.35. The van der Waals surface area contributed by atoms with Crippen LogP contribution in [0.5, 0.6) is 0 Å². The highest BCUT2D eigenvalue weighted by molar-refractivity contribution is 5.58. The van der Waals surface area contributed by atoms with Crippen LogP contribution in [0.15, 0.2) is 6.20 Å². The molecule has 2 N–H and O–H groups in total. The van der Waals surface area contributed by atoms with E-state index in [9.17, 15) is 10.1 Å². The topological polar surface area (TPSA) is 101 Å². The first-order chi connectivity index (χ1) is 9.02. The van der Waals surface area contributed by atoms with Crippen LogP contribution in [0.2, 0.25) is 0 Å². The van der Waals surface area contributed by atoms with Gasteiger partial charge in [0, 0.05) is 25.7 Å². The van der Waals surface area contributed by atoms with E-state index in [0.29, 0.717) is 24.9 Å². The zero-order chi connectivity index (χ0) is 14.0. The van der Waals surface area contributed by atoms with Gasteiger partial charge >= 0.3 is 5.69 Å². The van der Waals surface area contributed by atoms with Crippen LogP contribution in [0.25, 0.3) is 0 Å². The van der Waals surface area contributed by atoms with Gasteiger partial charge in [-0.05, 0) is 13.5 Å². The highest BCUT2D eigenvalue weighted by Crippen LogP contribution is 2.27. The van der Waals surface area contributed by atoms with E-state index in [4.69, 9.17) is 5.73 Å². The number of hydrogen-bond acceptors (Lipinski definition) is 7. The molecule has 0 spiro atoms. The highest BCUT2D eigenvalue weighted by atomic mass is 16.6. The Bertz CT molecular complexity index is 480. The molecular formula is C11H18N6O2. The summed E-state index contributed by atoms with van der Waals surface area (Å²) in [6.07, 6.45) is 1.18. The maximum Gasteiger partial charge on any atom is 0.329 e. The summed E-state index contributed by atoms with van der Waals surface area (Å²) in [7, 11) is 0. The molecule has 19 heavy (non-hydrogen) atoms. The van der Waals surface area contributed by atoms with Crippen molar-refractivity contribution in [2.75, 3.05) is 36.8 Å². The van der Waals surface area contributed by atoms with Gasteiger partial charge < -0.3 is 10.6 Å². The second-order valence-corrected chi connectivity index (χ2v) is 4.62. The average Bonchev–Trinajstić information content (AvgIpc) is 2.38. The number of nitro groups is 1. The molecule has 0 amide bonds. The van der Waals surface area contributed by atoms with E-state index >= 15 is 0 Å². The number of nitrogens with two attached hydrogens (primary N) is 1. The number of nitrogen functional groups attached to an aromatic ring is 1. The number of anilines is 2. The van der Waals surface area contributed by atoms with E-state index in [0.717, 1.165) is 13.1 Å². The molecule has 0 saturated carbocycles. The molecule has 0 aliphatic carbocycles. The smallest absolute Gasteiger partial charge is 0.329 e. The van der Waals surface area contributed by atoms with Gasteiger partial charge in [-0.2, -0.15) is 4.98 Å². The normalized spacial score (nSPS) is 20.5. The fourth-order valence-electron chi connectivity index (χ4n) is 2.40. The molecule has 1 aromatic rings. The molecule has 1 unspecified atom stereocenters. The van der Waals surface area contributed by atoms with Crippen LogP contribution in [0, 0.1) is 10.1 Å². The minimum absolute atomic E-state index is 0.0613. The van der Waals surface area contributed by atoms with Crippen molar-refractivity contribution in [3.8, 4) is 0 Å². The summed E-state index contributed by atoms with van der Waals surface area (Å²) < 4.78 is 0. The van der Waals surface area contributed by atoms with Gasteiger partial charge in [0.25, 0.3) is 0 Å². The van der Waals surface area contributed by atoms with Gasteiger partial charge in [-0.15, -0.1) is 0 Å². The van der Waals surface area contributed by atoms with E-state index in [2.05, 4.69) is 28.7 Å². The Kier molecular flexibility index (Phi) is 3.79. The SMILES string of the molecule is CCN1CCN(c2nc(N)ncc2[N+](=O)[O-])CC1C. The number of likely N-dealkylation sites (N-methyl/N-ethyl adjacent to an activating group) is 1. The summed E-state index contributed by atoms with van der Waals surface area (Å²) in [5, 5.41) is 11.0. The Balaban J connectivity index is 2.27. The summed E-state index contributed by atoms with van der Waals surface area (Å²) in [5.74, 6) is 0.381.